The number of aliphatic hydroxyl groups is 2. The van der Waals surface area contributed by atoms with Crippen molar-refractivity contribution in [2.75, 3.05) is 26.4 Å². The number of hydrogen-bond donors (Lipinski definition) is 3. The van der Waals surface area contributed by atoms with Gasteiger partial charge in [-0.15, -0.1) is 0 Å². The van der Waals surface area contributed by atoms with Crippen LogP contribution in [0.4, 0.5) is 0 Å². The van der Waals surface area contributed by atoms with E-state index in [1.807, 2.05) is 0 Å². The Labute approximate surface area is 305 Å². The van der Waals surface area contributed by atoms with Crippen molar-refractivity contribution >= 4 is 19.8 Å². The van der Waals surface area contributed by atoms with Crippen LogP contribution in [-0.4, -0.2) is 65.7 Å². The number of rotatable bonds is 38. The molecule has 50 heavy (non-hydrogen) atoms. The van der Waals surface area contributed by atoms with Crippen LogP contribution in [0.3, 0.4) is 0 Å². The topological polar surface area (TPSA) is 149 Å². The Kier molecular flexibility index (Phi) is 35.2. The molecule has 0 aliphatic carbocycles. The minimum atomic E-state index is -4.61. The van der Waals surface area contributed by atoms with Crippen molar-refractivity contribution in [2.45, 2.75) is 199 Å². The molecular weight excluding hydrogens is 659 g/mol. The summed E-state index contributed by atoms with van der Waals surface area (Å²) in [4.78, 5) is 34.8. The molecular formula is C39H75O10P. The van der Waals surface area contributed by atoms with E-state index in [2.05, 4.69) is 30.5 Å². The molecule has 0 bridgehead atoms. The molecule has 0 amide bonds. The molecule has 0 saturated carbocycles. The molecule has 0 aromatic heterocycles. The summed E-state index contributed by atoms with van der Waals surface area (Å²) in [6.45, 7) is 2.36. The second-order valence-electron chi connectivity index (χ2n) is 13.7. The fourth-order valence-electron chi connectivity index (χ4n) is 5.52. The van der Waals surface area contributed by atoms with Gasteiger partial charge in [0, 0.05) is 12.8 Å². The molecule has 0 aliphatic heterocycles. The average Bonchev–Trinajstić information content (AvgIpc) is 3.10. The fraction of sp³-hybridized carbons (Fsp3) is 0.897. The first-order valence-electron chi connectivity index (χ1n) is 20.1. The number of phosphoric acid groups is 1. The average molecular weight is 735 g/mol. The number of phosphoric ester groups is 1. The molecule has 3 N–H and O–H groups in total. The van der Waals surface area contributed by atoms with Crippen molar-refractivity contribution in [2.24, 2.45) is 0 Å². The summed E-state index contributed by atoms with van der Waals surface area (Å²) in [6.07, 6.45) is 31.7. The molecule has 0 rings (SSSR count). The summed E-state index contributed by atoms with van der Waals surface area (Å²) in [5, 5.41) is 18.3. The number of esters is 2. The Morgan fingerprint density at radius 2 is 0.980 bits per heavy atom. The number of allylic oxidation sites excluding steroid dienone is 2. The highest BCUT2D eigenvalue weighted by Crippen LogP contribution is 2.43. The summed E-state index contributed by atoms with van der Waals surface area (Å²) in [5.41, 5.74) is 0. The molecule has 0 radical (unpaired) electrons. The zero-order valence-electron chi connectivity index (χ0n) is 31.9. The van der Waals surface area contributed by atoms with Gasteiger partial charge in [-0.2, -0.15) is 0 Å². The second kappa shape index (κ2) is 36.1. The number of carbonyl (C=O) groups is 2. The number of carbonyl (C=O) groups excluding carboxylic acids is 2. The maximum atomic E-state index is 12.6. The number of aliphatic hydroxyl groups excluding tert-OH is 2. The lowest BCUT2D eigenvalue weighted by molar-refractivity contribution is -0.161. The number of unbranched alkanes of at least 4 members (excludes halogenated alkanes) is 22. The lowest BCUT2D eigenvalue weighted by Gasteiger charge is -2.20. The van der Waals surface area contributed by atoms with E-state index < -0.39 is 51.8 Å². The van der Waals surface area contributed by atoms with E-state index in [4.69, 9.17) is 19.1 Å². The lowest BCUT2D eigenvalue weighted by atomic mass is 10.0. The largest absolute Gasteiger partial charge is 0.472 e. The van der Waals surface area contributed by atoms with E-state index in [0.29, 0.717) is 12.8 Å². The minimum absolute atomic E-state index is 0.178. The molecule has 11 heteroatoms. The molecule has 0 aromatic rings. The Morgan fingerprint density at radius 3 is 1.44 bits per heavy atom. The lowest BCUT2D eigenvalue weighted by Crippen LogP contribution is -2.29. The maximum absolute atomic E-state index is 12.6. The van der Waals surface area contributed by atoms with Gasteiger partial charge >= 0.3 is 19.8 Å². The van der Waals surface area contributed by atoms with Crippen LogP contribution >= 0.6 is 7.82 Å². The molecule has 0 saturated heterocycles. The van der Waals surface area contributed by atoms with Gasteiger partial charge in [0.05, 0.1) is 19.8 Å². The smallest absolute Gasteiger partial charge is 0.462 e. The van der Waals surface area contributed by atoms with Crippen LogP contribution in [-0.2, 0) is 32.7 Å². The van der Waals surface area contributed by atoms with Crippen molar-refractivity contribution in [3.8, 4) is 0 Å². The second-order valence-corrected chi connectivity index (χ2v) is 15.1. The van der Waals surface area contributed by atoms with Gasteiger partial charge in [-0.05, 0) is 38.5 Å². The summed E-state index contributed by atoms with van der Waals surface area (Å²) in [5.74, 6) is -0.928. The van der Waals surface area contributed by atoms with Gasteiger partial charge < -0.3 is 24.6 Å². The van der Waals surface area contributed by atoms with Crippen molar-refractivity contribution in [3.05, 3.63) is 12.2 Å². The first-order valence-corrected chi connectivity index (χ1v) is 21.6. The van der Waals surface area contributed by atoms with Gasteiger partial charge in [0.1, 0.15) is 12.7 Å². The highest BCUT2D eigenvalue weighted by Gasteiger charge is 2.27. The Balaban J connectivity index is 4.34. The van der Waals surface area contributed by atoms with Gasteiger partial charge in [0.15, 0.2) is 6.10 Å². The Morgan fingerprint density at radius 1 is 0.580 bits per heavy atom. The van der Waals surface area contributed by atoms with E-state index in [-0.39, 0.29) is 19.4 Å². The molecule has 3 unspecified atom stereocenters. The van der Waals surface area contributed by atoms with Gasteiger partial charge in [0.25, 0.3) is 0 Å². The van der Waals surface area contributed by atoms with Gasteiger partial charge in [-0.3, -0.25) is 18.6 Å². The normalized spacial score (nSPS) is 14.1. The zero-order chi connectivity index (χ0) is 37.0. The fourth-order valence-corrected chi connectivity index (χ4v) is 6.31. The third-order valence-corrected chi connectivity index (χ3v) is 9.62. The van der Waals surface area contributed by atoms with Gasteiger partial charge in [-0.1, -0.05) is 148 Å². The summed E-state index contributed by atoms with van der Waals surface area (Å²) >= 11 is 0. The molecule has 0 aliphatic rings. The van der Waals surface area contributed by atoms with Crippen molar-refractivity contribution < 1.29 is 47.8 Å². The van der Waals surface area contributed by atoms with Crippen LogP contribution in [0, 0.1) is 0 Å². The third kappa shape index (κ3) is 35.1. The van der Waals surface area contributed by atoms with E-state index in [9.17, 15) is 24.2 Å². The van der Waals surface area contributed by atoms with Gasteiger partial charge in [-0.25, -0.2) is 4.57 Å². The Bertz CT molecular complexity index is 853. The van der Waals surface area contributed by atoms with E-state index in [0.717, 1.165) is 57.8 Å². The predicted molar refractivity (Wildman–Crippen MR) is 201 cm³/mol. The summed E-state index contributed by atoms with van der Waals surface area (Å²) in [6, 6.07) is 0. The maximum Gasteiger partial charge on any atom is 0.472 e. The molecule has 0 spiro atoms. The predicted octanol–water partition coefficient (Wildman–Crippen LogP) is 10.1. The van der Waals surface area contributed by atoms with Crippen LogP contribution in [0.15, 0.2) is 12.2 Å². The zero-order valence-corrected chi connectivity index (χ0v) is 32.8. The minimum Gasteiger partial charge on any atom is -0.462 e. The van der Waals surface area contributed by atoms with E-state index >= 15 is 0 Å². The highest BCUT2D eigenvalue weighted by molar-refractivity contribution is 7.47. The molecule has 10 nitrogen and oxygen atoms in total. The number of hydrogen-bond acceptors (Lipinski definition) is 9. The van der Waals surface area contributed by atoms with Crippen LogP contribution in [0.2, 0.25) is 0 Å². The van der Waals surface area contributed by atoms with Gasteiger partial charge in [0.2, 0.25) is 0 Å². The van der Waals surface area contributed by atoms with Crippen molar-refractivity contribution in [3.63, 3.8) is 0 Å². The molecule has 0 fully saturated rings. The first-order chi connectivity index (χ1) is 24.2. The highest BCUT2D eigenvalue weighted by atomic mass is 31.2. The van der Waals surface area contributed by atoms with Crippen LogP contribution in [0.5, 0.6) is 0 Å². The Hall–Kier alpha value is -1.29. The first kappa shape index (κ1) is 48.7. The van der Waals surface area contributed by atoms with Crippen molar-refractivity contribution in [1.29, 1.82) is 0 Å². The molecule has 3 atom stereocenters. The summed E-state index contributed by atoms with van der Waals surface area (Å²) in [7, 11) is -4.61. The third-order valence-electron chi connectivity index (χ3n) is 8.67. The molecule has 0 heterocycles. The molecule has 0 aromatic carbocycles. The van der Waals surface area contributed by atoms with E-state index in [1.54, 1.807) is 0 Å². The SMILES string of the molecule is CCCCCCC/C=C\CCCCCCCC(=O)OC(COC(=O)CCCCCCCCCCCCCCC)COP(=O)(O)OCC(O)CO. The summed E-state index contributed by atoms with van der Waals surface area (Å²) < 4.78 is 32.6. The van der Waals surface area contributed by atoms with Crippen molar-refractivity contribution in [1.82, 2.24) is 0 Å². The standard InChI is InChI=1S/C39H75O10P/c1-3-5-7-9-11-13-15-17-19-21-23-25-27-29-31-39(43)49-37(35-48-50(44,45)47-33-36(41)32-40)34-46-38(42)30-28-26-24-22-20-18-16-14-12-10-8-6-4-2/h15,17,36-37,40-41H,3-14,16,18-35H2,1-2H3,(H,44,45)/b17-15-. The van der Waals surface area contributed by atoms with Crippen LogP contribution in [0.1, 0.15) is 187 Å². The molecule has 296 valence electrons. The van der Waals surface area contributed by atoms with Crippen LogP contribution in [0.25, 0.3) is 0 Å². The monoisotopic (exact) mass is 735 g/mol. The number of ether oxygens (including phenoxy) is 2. The van der Waals surface area contributed by atoms with E-state index in [1.165, 1.54) is 89.9 Å². The quantitative estimate of drug-likeness (QED) is 0.0242. The van der Waals surface area contributed by atoms with Crippen LogP contribution < -0.4 is 0 Å².